The van der Waals surface area contributed by atoms with Crippen molar-refractivity contribution in [1.82, 2.24) is 9.78 Å². The summed E-state index contributed by atoms with van der Waals surface area (Å²) in [5.74, 6) is 0.634. The smallest absolute Gasteiger partial charge is 0.216 e. The van der Waals surface area contributed by atoms with Gasteiger partial charge in [0.05, 0.1) is 10.6 Å². The van der Waals surface area contributed by atoms with Crippen molar-refractivity contribution in [1.29, 1.82) is 5.26 Å². The van der Waals surface area contributed by atoms with Crippen molar-refractivity contribution in [3.05, 3.63) is 136 Å². The number of ether oxygens (including phenoxy) is 1. The van der Waals surface area contributed by atoms with Crippen molar-refractivity contribution in [2.24, 2.45) is 0 Å². The molecule has 0 N–H and O–H groups in total. The maximum Gasteiger partial charge on any atom is 0.216 e. The molecular formula is C31H22ClN3O3S. The molecule has 0 saturated heterocycles. The van der Waals surface area contributed by atoms with Gasteiger partial charge in [0.2, 0.25) is 9.84 Å². The van der Waals surface area contributed by atoms with Gasteiger partial charge >= 0.3 is 0 Å². The number of sulfone groups is 1. The SMILES string of the molecule is N#CC(=Cc1cn(-c2ccccc2)nc1-c1cccc(OCc2ccccc2)c1)S(=O)(=O)c1ccc(Cl)cc1. The van der Waals surface area contributed by atoms with Crippen LogP contribution in [0.15, 0.2) is 125 Å². The lowest BCUT2D eigenvalue weighted by atomic mass is 10.1. The lowest BCUT2D eigenvalue weighted by molar-refractivity contribution is 0.306. The highest BCUT2D eigenvalue weighted by atomic mass is 35.5. The Labute approximate surface area is 231 Å². The van der Waals surface area contributed by atoms with Crippen molar-refractivity contribution in [3.8, 4) is 28.8 Å². The average Bonchev–Trinajstić information content (AvgIpc) is 3.40. The average molecular weight is 552 g/mol. The number of nitriles is 1. The first-order chi connectivity index (χ1) is 18.9. The van der Waals surface area contributed by atoms with Gasteiger partial charge in [0.1, 0.15) is 29.0 Å². The minimum absolute atomic E-state index is 0.0204. The van der Waals surface area contributed by atoms with Crippen LogP contribution in [-0.2, 0) is 16.4 Å². The van der Waals surface area contributed by atoms with Crippen LogP contribution in [0.4, 0.5) is 0 Å². The van der Waals surface area contributed by atoms with Gasteiger partial charge < -0.3 is 4.74 Å². The van der Waals surface area contributed by atoms with Crippen molar-refractivity contribution in [3.63, 3.8) is 0 Å². The Bertz CT molecular complexity index is 1770. The van der Waals surface area contributed by atoms with Gasteiger partial charge in [-0.2, -0.15) is 10.4 Å². The Hall–Kier alpha value is -4.64. The van der Waals surface area contributed by atoms with E-state index >= 15 is 0 Å². The molecule has 0 aliphatic carbocycles. The summed E-state index contributed by atoms with van der Waals surface area (Å²) < 4.78 is 34.2. The summed E-state index contributed by atoms with van der Waals surface area (Å²) in [7, 11) is -4.09. The summed E-state index contributed by atoms with van der Waals surface area (Å²) in [6, 6.07) is 34.2. The van der Waals surface area contributed by atoms with Crippen LogP contribution in [0.2, 0.25) is 5.02 Å². The van der Waals surface area contributed by atoms with Crippen LogP contribution in [0.25, 0.3) is 23.0 Å². The molecule has 6 nitrogen and oxygen atoms in total. The van der Waals surface area contributed by atoms with Gasteiger partial charge in [0.15, 0.2) is 0 Å². The number of nitrogens with zero attached hydrogens (tertiary/aromatic N) is 3. The van der Waals surface area contributed by atoms with E-state index in [0.29, 0.717) is 34.2 Å². The molecule has 0 radical (unpaired) electrons. The van der Waals surface area contributed by atoms with Gasteiger partial charge in [0.25, 0.3) is 0 Å². The van der Waals surface area contributed by atoms with Gasteiger partial charge in [-0.3, -0.25) is 0 Å². The standard InChI is InChI=1S/C31H22ClN3O3S/c32-26-14-16-29(17-15-26)39(36,37)30(20-33)19-25-21-35(27-11-5-2-6-12-27)34-31(25)24-10-7-13-28(18-24)38-22-23-8-3-1-4-9-23/h1-19,21H,22H2. The Kier molecular flexibility index (Phi) is 7.60. The summed E-state index contributed by atoms with van der Waals surface area (Å²) >= 11 is 5.93. The molecule has 5 aromatic rings. The molecule has 192 valence electrons. The number of hydrogen-bond donors (Lipinski definition) is 0. The maximum atomic E-state index is 13.3. The zero-order chi connectivity index (χ0) is 27.2. The zero-order valence-electron chi connectivity index (χ0n) is 20.6. The molecule has 0 spiro atoms. The maximum absolute atomic E-state index is 13.3. The second kappa shape index (κ2) is 11.4. The highest BCUT2D eigenvalue weighted by Crippen LogP contribution is 2.31. The first-order valence-corrected chi connectivity index (χ1v) is 13.8. The van der Waals surface area contributed by atoms with Crippen LogP contribution < -0.4 is 4.74 Å². The van der Waals surface area contributed by atoms with Gasteiger partial charge in [-0.05, 0) is 60.2 Å². The van der Waals surface area contributed by atoms with Crippen molar-refractivity contribution in [2.45, 2.75) is 11.5 Å². The van der Waals surface area contributed by atoms with E-state index in [2.05, 4.69) is 0 Å². The molecular weight excluding hydrogens is 530 g/mol. The molecule has 0 fully saturated rings. The number of halogens is 1. The van der Waals surface area contributed by atoms with E-state index in [1.165, 1.54) is 30.3 Å². The van der Waals surface area contributed by atoms with E-state index in [1.807, 2.05) is 91.0 Å². The van der Waals surface area contributed by atoms with Gasteiger partial charge in [0, 0.05) is 22.3 Å². The second-order valence-corrected chi connectivity index (χ2v) is 10.9. The predicted octanol–water partition coefficient (Wildman–Crippen LogP) is 7.11. The van der Waals surface area contributed by atoms with Crippen molar-refractivity contribution >= 4 is 27.5 Å². The quantitative estimate of drug-likeness (QED) is 0.192. The number of rotatable bonds is 8. The summed E-state index contributed by atoms with van der Waals surface area (Å²) in [4.78, 5) is -0.428. The van der Waals surface area contributed by atoms with Crippen LogP contribution in [0.1, 0.15) is 11.1 Å². The number of hydrogen-bond acceptors (Lipinski definition) is 5. The molecule has 0 aliphatic rings. The topological polar surface area (TPSA) is 85.0 Å². The number of benzene rings is 4. The molecule has 4 aromatic carbocycles. The Balaban J connectivity index is 1.57. The molecule has 39 heavy (non-hydrogen) atoms. The predicted molar refractivity (Wildman–Crippen MR) is 152 cm³/mol. The first-order valence-electron chi connectivity index (χ1n) is 12.0. The Morgan fingerprint density at radius 3 is 2.31 bits per heavy atom. The summed E-state index contributed by atoms with van der Waals surface area (Å²) in [5, 5.41) is 15.0. The molecule has 0 amide bonds. The third-order valence-corrected chi connectivity index (χ3v) is 7.86. The number of para-hydroxylation sites is 1. The summed E-state index contributed by atoms with van der Waals surface area (Å²) in [6.07, 6.45) is 3.06. The highest BCUT2D eigenvalue weighted by molar-refractivity contribution is 7.95. The van der Waals surface area contributed by atoms with E-state index in [9.17, 15) is 13.7 Å². The molecule has 5 rings (SSSR count). The van der Waals surface area contributed by atoms with Crippen LogP contribution >= 0.6 is 11.6 Å². The Morgan fingerprint density at radius 2 is 1.62 bits per heavy atom. The van der Waals surface area contributed by atoms with Crippen molar-refractivity contribution < 1.29 is 13.2 Å². The minimum Gasteiger partial charge on any atom is -0.489 e. The third-order valence-electron chi connectivity index (χ3n) is 5.93. The van der Waals surface area contributed by atoms with Crippen LogP contribution in [0, 0.1) is 11.3 Å². The number of aromatic nitrogens is 2. The largest absolute Gasteiger partial charge is 0.489 e. The second-order valence-electron chi connectivity index (χ2n) is 8.59. The summed E-state index contributed by atoms with van der Waals surface area (Å²) in [6.45, 7) is 0.396. The minimum atomic E-state index is -4.09. The monoisotopic (exact) mass is 551 g/mol. The van der Waals surface area contributed by atoms with Crippen LogP contribution in [0.5, 0.6) is 5.75 Å². The van der Waals surface area contributed by atoms with E-state index in [0.717, 1.165) is 11.3 Å². The molecule has 0 aliphatic heterocycles. The fraction of sp³-hybridized carbons (Fsp3) is 0.0323. The van der Waals surface area contributed by atoms with E-state index in [4.69, 9.17) is 21.4 Å². The van der Waals surface area contributed by atoms with Crippen LogP contribution in [0.3, 0.4) is 0 Å². The van der Waals surface area contributed by atoms with E-state index in [1.54, 1.807) is 10.9 Å². The first kappa shape index (κ1) is 26.0. The van der Waals surface area contributed by atoms with Crippen LogP contribution in [-0.4, -0.2) is 18.2 Å². The molecule has 8 heteroatoms. The number of allylic oxidation sites excluding steroid dienone is 1. The molecule has 0 saturated carbocycles. The third kappa shape index (κ3) is 5.93. The lowest BCUT2D eigenvalue weighted by Gasteiger charge is -2.08. The summed E-state index contributed by atoms with van der Waals surface area (Å²) in [5.41, 5.74) is 3.50. The molecule has 1 aromatic heterocycles. The van der Waals surface area contributed by atoms with E-state index < -0.39 is 14.7 Å². The van der Waals surface area contributed by atoms with Crippen molar-refractivity contribution in [2.75, 3.05) is 0 Å². The highest BCUT2D eigenvalue weighted by Gasteiger charge is 2.22. The molecule has 0 atom stereocenters. The molecule has 0 bridgehead atoms. The van der Waals surface area contributed by atoms with E-state index in [-0.39, 0.29) is 4.90 Å². The Morgan fingerprint density at radius 1 is 0.923 bits per heavy atom. The lowest BCUT2D eigenvalue weighted by Crippen LogP contribution is -2.03. The normalized spacial score (nSPS) is 11.6. The van der Waals surface area contributed by atoms with Gasteiger partial charge in [-0.1, -0.05) is 72.3 Å². The molecule has 1 heterocycles. The zero-order valence-corrected chi connectivity index (χ0v) is 22.2. The van der Waals surface area contributed by atoms with Gasteiger partial charge in [-0.15, -0.1) is 0 Å². The fourth-order valence-corrected chi connectivity index (χ4v) is 5.23. The molecule has 0 unspecified atom stereocenters. The fourth-order valence-electron chi connectivity index (χ4n) is 3.96. The van der Waals surface area contributed by atoms with Gasteiger partial charge in [-0.25, -0.2) is 13.1 Å².